The van der Waals surface area contributed by atoms with Crippen LogP contribution in [-0.4, -0.2) is 10.5 Å². The summed E-state index contributed by atoms with van der Waals surface area (Å²) in [5.74, 6) is 0.255. The lowest BCUT2D eigenvalue weighted by Gasteiger charge is -2.12. The highest BCUT2D eigenvalue weighted by Crippen LogP contribution is 2.22. The third kappa shape index (κ3) is 4.16. The van der Waals surface area contributed by atoms with Crippen molar-refractivity contribution in [3.8, 4) is 0 Å². The molecule has 1 unspecified atom stereocenters. The van der Waals surface area contributed by atoms with Crippen molar-refractivity contribution in [2.75, 3.05) is 0 Å². The van der Waals surface area contributed by atoms with E-state index >= 15 is 0 Å². The quantitative estimate of drug-likeness (QED) is 0.742. The van der Waals surface area contributed by atoms with E-state index in [1.165, 1.54) is 0 Å². The van der Waals surface area contributed by atoms with Crippen LogP contribution < -0.4 is 0 Å². The molecule has 21 heavy (non-hydrogen) atoms. The van der Waals surface area contributed by atoms with E-state index in [1.807, 2.05) is 30.3 Å². The van der Waals surface area contributed by atoms with E-state index in [2.05, 4.69) is 6.92 Å². The zero-order valence-corrected chi connectivity index (χ0v) is 13.0. The summed E-state index contributed by atoms with van der Waals surface area (Å²) >= 11 is 10.9. The lowest BCUT2D eigenvalue weighted by Crippen LogP contribution is -2.00. The molecule has 0 aliphatic heterocycles. The maximum Gasteiger partial charge on any atom is 0.252 e. The van der Waals surface area contributed by atoms with E-state index in [-0.39, 0.29) is 5.92 Å². The van der Waals surface area contributed by atoms with E-state index < -0.39 is 10.5 Å². The van der Waals surface area contributed by atoms with Gasteiger partial charge in [0.2, 0.25) is 0 Å². The van der Waals surface area contributed by atoms with Gasteiger partial charge in [-0.15, -0.1) is 0 Å². The van der Waals surface area contributed by atoms with E-state index in [0.717, 1.165) is 17.5 Å². The van der Waals surface area contributed by atoms with Crippen LogP contribution >= 0.6 is 23.2 Å². The predicted octanol–water partition coefficient (Wildman–Crippen LogP) is 4.79. The molecule has 0 saturated heterocycles. The van der Waals surface area contributed by atoms with Gasteiger partial charge in [-0.2, -0.15) is 0 Å². The number of rotatable bonds is 5. The highest BCUT2D eigenvalue weighted by molar-refractivity contribution is 6.68. The van der Waals surface area contributed by atoms with Crippen LogP contribution in [0.15, 0.2) is 48.5 Å². The highest BCUT2D eigenvalue weighted by Gasteiger charge is 2.10. The average molecular weight is 321 g/mol. The van der Waals surface area contributed by atoms with Crippen molar-refractivity contribution in [2.24, 2.45) is 0 Å². The smallest absolute Gasteiger partial charge is 0.252 e. The van der Waals surface area contributed by atoms with Crippen molar-refractivity contribution in [1.82, 2.24) is 0 Å². The Bertz CT molecular complexity index is 663. The fourth-order valence-electron chi connectivity index (χ4n) is 2.23. The van der Waals surface area contributed by atoms with Crippen LogP contribution in [0.1, 0.15) is 44.7 Å². The summed E-state index contributed by atoms with van der Waals surface area (Å²) < 4.78 is 0. The fraction of sp³-hybridized carbons (Fsp3) is 0.176. The van der Waals surface area contributed by atoms with Crippen molar-refractivity contribution in [3.05, 3.63) is 70.8 Å². The minimum atomic E-state index is -0.456. The zero-order chi connectivity index (χ0) is 15.4. The SMILES string of the molecule is CC(Cc1cccc(C(=O)Cl)c1)c1ccc(C(=O)Cl)cc1. The van der Waals surface area contributed by atoms with Crippen molar-refractivity contribution in [2.45, 2.75) is 19.3 Å². The van der Waals surface area contributed by atoms with Gasteiger partial charge in [0.05, 0.1) is 0 Å². The minimum absolute atomic E-state index is 0.255. The third-order valence-corrected chi connectivity index (χ3v) is 3.84. The lowest BCUT2D eigenvalue weighted by atomic mass is 9.92. The number of carbonyl (C=O) groups excluding carboxylic acids is 2. The molecule has 1 atom stereocenters. The van der Waals surface area contributed by atoms with Gasteiger partial charge in [0.1, 0.15) is 0 Å². The Labute approximate surface area is 133 Å². The maximum absolute atomic E-state index is 11.2. The molecule has 0 aromatic heterocycles. The molecule has 2 nitrogen and oxygen atoms in total. The molecule has 0 fully saturated rings. The van der Waals surface area contributed by atoms with Crippen LogP contribution in [0, 0.1) is 0 Å². The van der Waals surface area contributed by atoms with Gasteiger partial charge in [0.15, 0.2) is 0 Å². The zero-order valence-electron chi connectivity index (χ0n) is 11.5. The summed E-state index contributed by atoms with van der Waals surface area (Å²) in [4.78, 5) is 22.2. The Morgan fingerprint density at radius 3 is 2.14 bits per heavy atom. The lowest BCUT2D eigenvalue weighted by molar-refractivity contribution is 0.107. The van der Waals surface area contributed by atoms with Gasteiger partial charge in [-0.1, -0.05) is 37.3 Å². The molecule has 0 saturated carbocycles. The second-order valence-electron chi connectivity index (χ2n) is 4.97. The number of hydrogen-bond donors (Lipinski definition) is 0. The van der Waals surface area contributed by atoms with Gasteiger partial charge in [-0.25, -0.2) is 0 Å². The molecular formula is C17H14Cl2O2. The molecule has 2 rings (SSSR count). The van der Waals surface area contributed by atoms with Gasteiger partial charge in [-0.3, -0.25) is 9.59 Å². The van der Waals surface area contributed by atoms with Crippen molar-refractivity contribution in [3.63, 3.8) is 0 Å². The topological polar surface area (TPSA) is 34.1 Å². The number of benzene rings is 2. The van der Waals surface area contributed by atoms with Gasteiger partial charge >= 0.3 is 0 Å². The Balaban J connectivity index is 2.13. The first-order valence-corrected chi connectivity index (χ1v) is 7.31. The normalized spacial score (nSPS) is 12.0. The first kappa shape index (κ1) is 15.7. The van der Waals surface area contributed by atoms with E-state index in [1.54, 1.807) is 18.2 Å². The number of hydrogen-bond acceptors (Lipinski definition) is 2. The summed E-state index contributed by atoms with van der Waals surface area (Å²) in [6, 6.07) is 14.5. The Kier molecular flexibility index (Phi) is 5.16. The molecule has 108 valence electrons. The standard InChI is InChI=1S/C17H14Cl2O2/c1-11(13-5-7-14(8-6-13)16(18)20)9-12-3-2-4-15(10-12)17(19)21/h2-8,10-11H,9H2,1H3. The molecule has 0 bridgehead atoms. The number of halogens is 2. The van der Waals surface area contributed by atoms with Crippen LogP contribution in [0.25, 0.3) is 0 Å². The van der Waals surface area contributed by atoms with Gasteiger partial charge < -0.3 is 0 Å². The van der Waals surface area contributed by atoms with Crippen molar-refractivity contribution < 1.29 is 9.59 Å². The van der Waals surface area contributed by atoms with Crippen molar-refractivity contribution in [1.29, 1.82) is 0 Å². The van der Waals surface area contributed by atoms with Gasteiger partial charge in [0.25, 0.3) is 10.5 Å². The third-order valence-electron chi connectivity index (χ3n) is 3.40. The molecule has 0 heterocycles. The largest absolute Gasteiger partial charge is 0.276 e. The summed E-state index contributed by atoms with van der Waals surface area (Å²) in [5, 5.41) is -0.906. The van der Waals surface area contributed by atoms with Crippen LogP contribution in [0.5, 0.6) is 0 Å². The summed E-state index contributed by atoms with van der Waals surface area (Å²) in [6.45, 7) is 2.09. The molecule has 2 aromatic carbocycles. The molecule has 0 N–H and O–H groups in total. The molecule has 0 aliphatic carbocycles. The molecular weight excluding hydrogens is 307 g/mol. The molecule has 0 spiro atoms. The van der Waals surface area contributed by atoms with E-state index in [0.29, 0.717) is 11.1 Å². The highest BCUT2D eigenvalue weighted by atomic mass is 35.5. The second-order valence-corrected chi connectivity index (χ2v) is 5.66. The summed E-state index contributed by atoms with van der Waals surface area (Å²) in [5.41, 5.74) is 3.15. The molecule has 2 aromatic rings. The molecule has 0 aliphatic rings. The van der Waals surface area contributed by atoms with Crippen LogP contribution in [0.4, 0.5) is 0 Å². The van der Waals surface area contributed by atoms with Crippen LogP contribution in [-0.2, 0) is 6.42 Å². The predicted molar refractivity (Wildman–Crippen MR) is 85.4 cm³/mol. The monoisotopic (exact) mass is 320 g/mol. The van der Waals surface area contributed by atoms with Crippen LogP contribution in [0.3, 0.4) is 0 Å². The maximum atomic E-state index is 11.2. The van der Waals surface area contributed by atoms with Crippen molar-refractivity contribution >= 4 is 33.7 Å². The average Bonchev–Trinajstić information content (AvgIpc) is 2.47. The molecule has 0 amide bonds. The first-order chi connectivity index (χ1) is 9.97. The first-order valence-electron chi connectivity index (χ1n) is 6.56. The summed E-state index contributed by atoms with van der Waals surface area (Å²) in [6.07, 6.45) is 0.784. The second kappa shape index (κ2) is 6.88. The Morgan fingerprint density at radius 1 is 0.952 bits per heavy atom. The Morgan fingerprint density at radius 2 is 1.57 bits per heavy atom. The Hall–Kier alpha value is -1.64. The van der Waals surface area contributed by atoms with Gasteiger partial charge in [-0.05, 0) is 64.9 Å². The molecule has 4 heteroatoms. The van der Waals surface area contributed by atoms with Gasteiger partial charge in [0, 0.05) is 11.1 Å². The molecule has 0 radical (unpaired) electrons. The number of carbonyl (C=O) groups is 2. The summed E-state index contributed by atoms with van der Waals surface area (Å²) in [7, 11) is 0. The van der Waals surface area contributed by atoms with E-state index in [9.17, 15) is 9.59 Å². The van der Waals surface area contributed by atoms with Crippen LogP contribution in [0.2, 0.25) is 0 Å². The van der Waals surface area contributed by atoms with E-state index in [4.69, 9.17) is 23.2 Å². The minimum Gasteiger partial charge on any atom is -0.276 e. The fourth-order valence-corrected chi connectivity index (χ4v) is 2.48.